The molecule has 0 bridgehead atoms. The van der Waals surface area contributed by atoms with Crippen LogP contribution >= 0.6 is 0 Å². The molecule has 4 nitrogen and oxygen atoms in total. The van der Waals surface area contributed by atoms with Crippen LogP contribution in [0.5, 0.6) is 0 Å². The predicted molar refractivity (Wildman–Crippen MR) is 117 cm³/mol. The fourth-order valence-corrected chi connectivity index (χ4v) is 10.8. The number of rotatable bonds is 2. The van der Waals surface area contributed by atoms with Crippen LogP contribution in [0.2, 0.25) is 0 Å². The van der Waals surface area contributed by atoms with E-state index >= 15 is 0 Å². The molecule has 0 unspecified atom stereocenters. The second-order valence-corrected chi connectivity index (χ2v) is 12.7. The lowest BCUT2D eigenvalue weighted by Crippen LogP contribution is -2.60. The molecule has 1 saturated heterocycles. The lowest BCUT2D eigenvalue weighted by Gasteiger charge is -2.61. The Kier molecular flexibility index (Phi) is 4.25. The number of Topliss-reactive ketones (excluding diaryl/α,β-unsaturated/α-hetero) is 1. The number of hydrogen-bond acceptors (Lipinski definition) is 4. The summed E-state index contributed by atoms with van der Waals surface area (Å²) in [6.45, 7) is 8.45. The number of ketones is 1. The predicted octanol–water partition coefficient (Wildman–Crippen LogP) is 5.47. The van der Waals surface area contributed by atoms with E-state index in [2.05, 4.69) is 13.8 Å². The number of ether oxygens (including phenoxy) is 2. The van der Waals surface area contributed by atoms with E-state index in [0.29, 0.717) is 35.6 Å². The average molecular weight is 429 g/mol. The van der Waals surface area contributed by atoms with E-state index in [0.717, 1.165) is 32.1 Å². The van der Waals surface area contributed by atoms with Gasteiger partial charge in [-0.15, -0.1) is 0 Å². The lowest BCUT2D eigenvalue weighted by molar-refractivity contribution is -0.163. The quantitative estimate of drug-likeness (QED) is 0.432. The Morgan fingerprint density at radius 1 is 0.903 bits per heavy atom. The number of carbonyl (C=O) groups excluding carboxylic acids is 2. The Hall–Kier alpha value is -0.900. The van der Waals surface area contributed by atoms with Gasteiger partial charge in [-0.05, 0) is 87.4 Å². The van der Waals surface area contributed by atoms with Crippen LogP contribution in [0.4, 0.5) is 0 Å². The molecule has 0 radical (unpaired) electrons. The first kappa shape index (κ1) is 20.7. The number of carbonyl (C=O) groups is 2. The van der Waals surface area contributed by atoms with Crippen LogP contribution in [0.25, 0.3) is 0 Å². The molecule has 1 aliphatic heterocycles. The minimum absolute atomic E-state index is 0.0244. The molecule has 0 aromatic carbocycles. The van der Waals surface area contributed by atoms with Crippen molar-refractivity contribution in [2.75, 3.05) is 0 Å². The van der Waals surface area contributed by atoms with Crippen LogP contribution in [0.1, 0.15) is 98.3 Å². The highest BCUT2D eigenvalue weighted by Gasteiger charge is 2.78. The highest BCUT2D eigenvalue weighted by molar-refractivity contribution is 5.84. The first-order chi connectivity index (χ1) is 14.7. The van der Waals surface area contributed by atoms with E-state index in [-0.39, 0.29) is 33.9 Å². The van der Waals surface area contributed by atoms with Gasteiger partial charge in [-0.3, -0.25) is 9.59 Å². The molecule has 6 fully saturated rings. The molecular weight excluding hydrogens is 388 g/mol. The molecule has 172 valence electrons. The summed E-state index contributed by atoms with van der Waals surface area (Å²) in [6, 6.07) is 0. The first-order valence-electron chi connectivity index (χ1n) is 13.0. The Morgan fingerprint density at radius 2 is 1.68 bits per heavy atom. The summed E-state index contributed by atoms with van der Waals surface area (Å²) < 4.78 is 12.2. The molecule has 0 N–H and O–H groups in total. The van der Waals surface area contributed by atoms with Gasteiger partial charge in [0.05, 0.1) is 6.10 Å². The SMILES string of the molecule is CC(=O)O[C@H]1CC[C@]2(C)[C@H]3CC[C@@]4(C)[C@@H](C[C@@H]5CCCC[C@]54C(C)=O)[C@@H]3C[C@@H]3O[C@@]32C1. The van der Waals surface area contributed by atoms with E-state index in [4.69, 9.17) is 9.47 Å². The third kappa shape index (κ3) is 2.36. The maximum absolute atomic E-state index is 13.2. The highest BCUT2D eigenvalue weighted by atomic mass is 16.6. The Balaban J connectivity index is 1.33. The Morgan fingerprint density at radius 3 is 2.42 bits per heavy atom. The van der Waals surface area contributed by atoms with Crippen molar-refractivity contribution >= 4 is 11.8 Å². The molecule has 5 saturated carbocycles. The van der Waals surface area contributed by atoms with Gasteiger partial charge >= 0.3 is 5.97 Å². The highest BCUT2D eigenvalue weighted by Crippen LogP contribution is 2.77. The van der Waals surface area contributed by atoms with E-state index in [1.54, 1.807) is 0 Å². The van der Waals surface area contributed by atoms with Crippen LogP contribution in [0, 0.1) is 39.9 Å². The Bertz CT molecular complexity index is 822. The fourth-order valence-electron chi connectivity index (χ4n) is 10.8. The molecule has 31 heavy (non-hydrogen) atoms. The molecule has 1 heterocycles. The minimum atomic E-state index is -0.160. The number of epoxide rings is 1. The van der Waals surface area contributed by atoms with E-state index in [1.165, 1.54) is 45.4 Å². The number of esters is 1. The second-order valence-electron chi connectivity index (χ2n) is 12.7. The van der Waals surface area contributed by atoms with Crippen LogP contribution < -0.4 is 0 Å². The third-order valence-corrected chi connectivity index (χ3v) is 12.0. The van der Waals surface area contributed by atoms with E-state index in [1.807, 2.05) is 6.92 Å². The van der Waals surface area contributed by atoms with Gasteiger partial charge < -0.3 is 9.47 Å². The standard InChI is InChI=1S/C27H40O4/c1-16(28)26-10-6-5-7-18(26)13-22-20-14-23-27(31-23)15-19(30-17(2)29)8-11-25(27,4)21(20)9-12-24(22,26)3/h18-23H,5-15H2,1-4H3/t18-,19-,20+,21-,22-,23-,24-,25+,26-,27-/m0/s1. The van der Waals surface area contributed by atoms with Crippen molar-refractivity contribution < 1.29 is 19.1 Å². The average Bonchev–Trinajstić information content (AvgIpc) is 3.33. The van der Waals surface area contributed by atoms with Crippen molar-refractivity contribution in [1.29, 1.82) is 0 Å². The van der Waals surface area contributed by atoms with Crippen molar-refractivity contribution in [1.82, 2.24) is 0 Å². The fraction of sp³-hybridized carbons (Fsp3) is 0.926. The number of hydrogen-bond donors (Lipinski definition) is 0. The van der Waals surface area contributed by atoms with E-state index < -0.39 is 0 Å². The molecule has 1 spiro atoms. The summed E-state index contributed by atoms with van der Waals surface area (Å²) in [5.41, 5.74) is 0.235. The molecule has 0 aromatic rings. The molecule has 4 heteroatoms. The summed E-state index contributed by atoms with van der Waals surface area (Å²) in [7, 11) is 0. The molecular formula is C27H40O4. The second kappa shape index (κ2) is 6.36. The van der Waals surface area contributed by atoms with Gasteiger partial charge in [-0.1, -0.05) is 26.7 Å². The molecule has 0 amide bonds. The largest absolute Gasteiger partial charge is 0.462 e. The summed E-state index contributed by atoms with van der Waals surface area (Å²) >= 11 is 0. The Labute approximate surface area is 187 Å². The maximum atomic E-state index is 13.2. The van der Waals surface area contributed by atoms with Crippen molar-refractivity contribution in [3.05, 3.63) is 0 Å². The van der Waals surface area contributed by atoms with E-state index in [9.17, 15) is 9.59 Å². The molecule has 6 aliphatic rings. The third-order valence-electron chi connectivity index (χ3n) is 12.0. The summed E-state index contributed by atoms with van der Waals surface area (Å²) in [6.07, 6.45) is 13.1. The van der Waals surface area contributed by atoms with Gasteiger partial charge in [0.2, 0.25) is 0 Å². The van der Waals surface area contributed by atoms with Crippen molar-refractivity contribution in [2.45, 2.75) is 116 Å². The van der Waals surface area contributed by atoms with Gasteiger partial charge in [0.1, 0.15) is 17.5 Å². The van der Waals surface area contributed by atoms with Gasteiger partial charge in [-0.25, -0.2) is 0 Å². The molecule has 0 aromatic heterocycles. The van der Waals surface area contributed by atoms with Crippen LogP contribution in [-0.2, 0) is 19.1 Å². The smallest absolute Gasteiger partial charge is 0.302 e. The molecule has 6 rings (SSSR count). The zero-order valence-electron chi connectivity index (χ0n) is 19.9. The van der Waals surface area contributed by atoms with Crippen molar-refractivity contribution in [2.24, 2.45) is 39.9 Å². The van der Waals surface area contributed by atoms with Crippen molar-refractivity contribution in [3.63, 3.8) is 0 Å². The van der Waals surface area contributed by atoms with Gasteiger partial charge in [0.25, 0.3) is 0 Å². The first-order valence-corrected chi connectivity index (χ1v) is 13.0. The monoisotopic (exact) mass is 428 g/mol. The maximum Gasteiger partial charge on any atom is 0.302 e. The van der Waals surface area contributed by atoms with Crippen LogP contribution in [0.3, 0.4) is 0 Å². The topological polar surface area (TPSA) is 55.9 Å². The summed E-state index contributed by atoms with van der Waals surface area (Å²) in [5.74, 6) is 2.98. The van der Waals surface area contributed by atoms with Gasteiger partial charge in [-0.2, -0.15) is 0 Å². The van der Waals surface area contributed by atoms with Crippen LogP contribution in [-0.4, -0.2) is 29.6 Å². The summed E-state index contributed by atoms with van der Waals surface area (Å²) in [4.78, 5) is 24.8. The minimum Gasteiger partial charge on any atom is -0.462 e. The number of fused-ring (bicyclic) bond motifs is 6. The lowest BCUT2D eigenvalue weighted by atomic mass is 9.42. The van der Waals surface area contributed by atoms with Gasteiger partial charge in [0, 0.05) is 24.2 Å². The van der Waals surface area contributed by atoms with Crippen LogP contribution in [0.15, 0.2) is 0 Å². The zero-order valence-corrected chi connectivity index (χ0v) is 19.9. The van der Waals surface area contributed by atoms with Crippen molar-refractivity contribution in [3.8, 4) is 0 Å². The normalized spacial score (nSPS) is 56.9. The molecule has 5 aliphatic carbocycles. The zero-order chi connectivity index (χ0) is 21.8. The molecule has 10 atom stereocenters. The summed E-state index contributed by atoms with van der Waals surface area (Å²) in [5, 5.41) is 0. The van der Waals surface area contributed by atoms with Gasteiger partial charge in [0.15, 0.2) is 0 Å².